The Bertz CT molecular complexity index is 219. The summed E-state index contributed by atoms with van der Waals surface area (Å²) in [7, 11) is 0. The third-order valence-electron chi connectivity index (χ3n) is 3.49. The summed E-state index contributed by atoms with van der Waals surface area (Å²) in [5.74, 6) is 5.03. The molecule has 0 rings (SSSR count). The Morgan fingerprint density at radius 2 is 1.82 bits per heavy atom. The normalized spacial score (nSPS) is 15.1. The summed E-state index contributed by atoms with van der Waals surface area (Å²) < 4.78 is 0. The molecular weight excluding hydrogens is 214 g/mol. The van der Waals surface area contributed by atoms with E-state index in [4.69, 9.17) is 5.84 Å². The van der Waals surface area contributed by atoms with Gasteiger partial charge < -0.3 is 0 Å². The highest BCUT2D eigenvalue weighted by atomic mass is 16.2. The maximum absolute atomic E-state index is 11.5. The van der Waals surface area contributed by atoms with Gasteiger partial charge in [0.15, 0.2) is 0 Å². The number of hydrogen-bond donors (Lipinski definition) is 2. The molecule has 0 saturated carbocycles. The molecule has 3 N–H and O–H groups in total. The van der Waals surface area contributed by atoms with Crippen molar-refractivity contribution in [2.45, 2.75) is 66.0 Å². The molecule has 102 valence electrons. The van der Waals surface area contributed by atoms with Crippen molar-refractivity contribution in [2.75, 3.05) is 6.54 Å². The van der Waals surface area contributed by atoms with Gasteiger partial charge >= 0.3 is 0 Å². The zero-order valence-electron chi connectivity index (χ0n) is 12.0. The molecule has 0 aromatic rings. The van der Waals surface area contributed by atoms with Crippen LogP contribution in [-0.2, 0) is 4.79 Å². The molecule has 2 unspecified atom stereocenters. The first-order valence-corrected chi connectivity index (χ1v) is 6.71. The van der Waals surface area contributed by atoms with Crippen molar-refractivity contribution in [3.63, 3.8) is 0 Å². The van der Waals surface area contributed by atoms with Crippen LogP contribution in [0.25, 0.3) is 0 Å². The fourth-order valence-corrected chi connectivity index (χ4v) is 2.11. The minimum atomic E-state index is -0.0846. The van der Waals surface area contributed by atoms with E-state index >= 15 is 0 Å². The van der Waals surface area contributed by atoms with Gasteiger partial charge in [0.05, 0.1) is 5.92 Å². The van der Waals surface area contributed by atoms with Crippen molar-refractivity contribution in [1.82, 2.24) is 10.3 Å². The summed E-state index contributed by atoms with van der Waals surface area (Å²) in [5.41, 5.74) is 2.24. The molecule has 0 heterocycles. The van der Waals surface area contributed by atoms with E-state index in [9.17, 15) is 4.79 Å². The van der Waals surface area contributed by atoms with Gasteiger partial charge in [0.1, 0.15) is 0 Å². The number of amides is 1. The summed E-state index contributed by atoms with van der Waals surface area (Å²) >= 11 is 0. The van der Waals surface area contributed by atoms with Crippen LogP contribution in [0.5, 0.6) is 0 Å². The molecule has 0 aliphatic carbocycles. The lowest BCUT2D eigenvalue weighted by atomic mass is 9.99. The number of nitrogens with two attached hydrogens (primary N) is 1. The van der Waals surface area contributed by atoms with Crippen LogP contribution in [0, 0.1) is 5.92 Å². The van der Waals surface area contributed by atoms with Gasteiger partial charge in [-0.05, 0) is 33.7 Å². The van der Waals surface area contributed by atoms with Crippen molar-refractivity contribution in [3.8, 4) is 0 Å². The van der Waals surface area contributed by atoms with E-state index in [0.29, 0.717) is 6.04 Å². The van der Waals surface area contributed by atoms with Crippen molar-refractivity contribution in [1.29, 1.82) is 0 Å². The Morgan fingerprint density at radius 3 is 2.24 bits per heavy atom. The fraction of sp³-hybridized carbons (Fsp3) is 0.923. The SMILES string of the molecule is CCCCCN(C(C)C)C(C)C(C)C(=O)NN. The van der Waals surface area contributed by atoms with E-state index in [1.807, 2.05) is 6.92 Å². The minimum absolute atomic E-state index is 0.0796. The third-order valence-corrected chi connectivity index (χ3v) is 3.49. The van der Waals surface area contributed by atoms with E-state index in [-0.39, 0.29) is 17.9 Å². The Hall–Kier alpha value is -0.610. The zero-order chi connectivity index (χ0) is 13.4. The van der Waals surface area contributed by atoms with Crippen LogP contribution in [0.15, 0.2) is 0 Å². The molecule has 0 saturated heterocycles. The molecule has 0 radical (unpaired) electrons. The number of carbonyl (C=O) groups is 1. The van der Waals surface area contributed by atoms with Crippen LogP contribution in [0.3, 0.4) is 0 Å². The van der Waals surface area contributed by atoms with Gasteiger partial charge in [0, 0.05) is 12.1 Å². The van der Waals surface area contributed by atoms with Gasteiger partial charge in [-0.15, -0.1) is 0 Å². The number of carbonyl (C=O) groups excluding carboxylic acids is 1. The standard InChI is InChI=1S/C13H29N3O/c1-6-7-8-9-16(10(2)3)12(5)11(4)13(17)15-14/h10-12H,6-9,14H2,1-5H3,(H,15,17). The molecule has 0 aromatic carbocycles. The quantitative estimate of drug-likeness (QED) is 0.296. The summed E-state index contributed by atoms with van der Waals surface area (Å²) in [6.07, 6.45) is 3.66. The Kier molecular flexibility index (Phi) is 8.17. The molecule has 4 heteroatoms. The lowest BCUT2D eigenvalue weighted by molar-refractivity contribution is -0.126. The first-order valence-electron chi connectivity index (χ1n) is 6.71. The third kappa shape index (κ3) is 5.50. The number of nitrogens with zero attached hydrogens (tertiary/aromatic N) is 1. The summed E-state index contributed by atoms with van der Waals surface area (Å²) in [6, 6.07) is 0.672. The smallest absolute Gasteiger partial charge is 0.238 e. The second kappa shape index (κ2) is 8.48. The van der Waals surface area contributed by atoms with Gasteiger partial charge in [0.25, 0.3) is 0 Å². The molecule has 17 heavy (non-hydrogen) atoms. The summed E-state index contributed by atoms with van der Waals surface area (Å²) in [4.78, 5) is 13.9. The van der Waals surface area contributed by atoms with E-state index in [0.717, 1.165) is 6.54 Å². The average Bonchev–Trinajstić information content (AvgIpc) is 2.31. The monoisotopic (exact) mass is 243 g/mol. The Morgan fingerprint density at radius 1 is 1.24 bits per heavy atom. The molecule has 0 aliphatic rings. The Balaban J connectivity index is 4.42. The first kappa shape index (κ1) is 16.4. The minimum Gasteiger partial charge on any atom is -0.297 e. The number of nitrogens with one attached hydrogen (secondary N) is 1. The van der Waals surface area contributed by atoms with Crippen LogP contribution in [0.2, 0.25) is 0 Å². The number of rotatable bonds is 8. The van der Waals surface area contributed by atoms with E-state index in [1.165, 1.54) is 19.3 Å². The summed E-state index contributed by atoms with van der Waals surface area (Å²) in [5, 5.41) is 0. The van der Waals surface area contributed by atoms with Crippen LogP contribution in [0.4, 0.5) is 0 Å². The highest BCUT2D eigenvalue weighted by Crippen LogP contribution is 2.15. The molecule has 0 fully saturated rings. The van der Waals surface area contributed by atoms with Crippen molar-refractivity contribution in [3.05, 3.63) is 0 Å². The van der Waals surface area contributed by atoms with Crippen LogP contribution >= 0.6 is 0 Å². The van der Waals surface area contributed by atoms with Crippen molar-refractivity contribution >= 4 is 5.91 Å². The number of unbranched alkanes of at least 4 members (excludes halogenated alkanes) is 2. The highest BCUT2D eigenvalue weighted by molar-refractivity contribution is 5.78. The number of hydrazine groups is 1. The van der Waals surface area contributed by atoms with Crippen molar-refractivity contribution < 1.29 is 4.79 Å². The van der Waals surface area contributed by atoms with E-state index in [1.54, 1.807) is 0 Å². The molecule has 2 atom stereocenters. The lowest BCUT2D eigenvalue weighted by Crippen LogP contribution is -2.48. The predicted molar refractivity (Wildman–Crippen MR) is 72.3 cm³/mol. The van der Waals surface area contributed by atoms with Crippen LogP contribution in [-0.4, -0.2) is 29.4 Å². The highest BCUT2D eigenvalue weighted by Gasteiger charge is 2.26. The molecule has 4 nitrogen and oxygen atoms in total. The molecule has 0 aromatic heterocycles. The van der Waals surface area contributed by atoms with E-state index < -0.39 is 0 Å². The molecule has 1 amide bonds. The fourth-order valence-electron chi connectivity index (χ4n) is 2.11. The lowest BCUT2D eigenvalue weighted by Gasteiger charge is -2.35. The maximum Gasteiger partial charge on any atom is 0.238 e. The second-order valence-corrected chi connectivity index (χ2v) is 5.08. The Labute approximate surface area is 106 Å². The van der Waals surface area contributed by atoms with Crippen LogP contribution < -0.4 is 11.3 Å². The maximum atomic E-state index is 11.5. The van der Waals surface area contributed by atoms with Gasteiger partial charge in [-0.3, -0.25) is 15.1 Å². The predicted octanol–water partition coefficient (Wildman–Crippen LogP) is 1.90. The molecule has 0 spiro atoms. The summed E-state index contributed by atoms with van der Waals surface area (Å²) in [6.45, 7) is 11.6. The molecular formula is C13H29N3O. The van der Waals surface area contributed by atoms with Crippen LogP contribution in [0.1, 0.15) is 53.9 Å². The number of hydrogen-bond acceptors (Lipinski definition) is 3. The second-order valence-electron chi connectivity index (χ2n) is 5.08. The molecule has 0 bridgehead atoms. The largest absolute Gasteiger partial charge is 0.297 e. The van der Waals surface area contributed by atoms with Gasteiger partial charge in [-0.1, -0.05) is 26.7 Å². The average molecular weight is 243 g/mol. The first-order chi connectivity index (χ1) is 7.95. The van der Waals surface area contributed by atoms with Gasteiger partial charge in [-0.25, -0.2) is 5.84 Å². The topological polar surface area (TPSA) is 58.4 Å². The van der Waals surface area contributed by atoms with Gasteiger partial charge in [0.2, 0.25) is 5.91 Å². The zero-order valence-corrected chi connectivity index (χ0v) is 12.0. The van der Waals surface area contributed by atoms with Gasteiger partial charge in [-0.2, -0.15) is 0 Å². The van der Waals surface area contributed by atoms with Crippen molar-refractivity contribution in [2.24, 2.45) is 11.8 Å². The van der Waals surface area contributed by atoms with E-state index in [2.05, 4.69) is 38.0 Å². The molecule has 0 aliphatic heterocycles.